The van der Waals surface area contributed by atoms with Crippen LogP contribution in [0.5, 0.6) is 0 Å². The summed E-state index contributed by atoms with van der Waals surface area (Å²) in [4.78, 5) is 3.38. The zero-order valence-corrected chi connectivity index (χ0v) is 13.1. The molecule has 1 aromatic heterocycles. The predicted molar refractivity (Wildman–Crippen MR) is 82.8 cm³/mol. The van der Waals surface area contributed by atoms with E-state index >= 15 is 0 Å². The van der Waals surface area contributed by atoms with Gasteiger partial charge in [0.25, 0.3) is 0 Å². The third-order valence-electron chi connectivity index (χ3n) is 3.93. The molecule has 18 heavy (non-hydrogen) atoms. The molecule has 0 saturated heterocycles. The van der Waals surface area contributed by atoms with Crippen molar-refractivity contribution in [3.63, 3.8) is 0 Å². The molecule has 0 spiro atoms. The summed E-state index contributed by atoms with van der Waals surface area (Å²) in [6.45, 7) is 4.43. The van der Waals surface area contributed by atoms with Crippen LogP contribution in [0.15, 0.2) is 36.4 Å². The van der Waals surface area contributed by atoms with Crippen LogP contribution in [0.25, 0.3) is 0 Å². The lowest BCUT2D eigenvalue weighted by Gasteiger charge is -2.22. The number of hydrogen-bond acceptors (Lipinski definition) is 1. The van der Waals surface area contributed by atoms with Gasteiger partial charge in [0.05, 0.1) is 4.83 Å². The second-order valence-electron chi connectivity index (χ2n) is 5.29. The van der Waals surface area contributed by atoms with Gasteiger partial charge in [0, 0.05) is 15.2 Å². The number of hydrogen-bond donors (Lipinski definition) is 0. The van der Waals surface area contributed by atoms with E-state index in [4.69, 9.17) is 0 Å². The summed E-state index contributed by atoms with van der Waals surface area (Å²) in [5.74, 6) is 0. The van der Waals surface area contributed by atoms with Gasteiger partial charge in [0.2, 0.25) is 0 Å². The van der Waals surface area contributed by atoms with Gasteiger partial charge in [-0.25, -0.2) is 0 Å². The molecule has 1 aliphatic rings. The second kappa shape index (κ2) is 4.50. The van der Waals surface area contributed by atoms with Gasteiger partial charge in [-0.05, 0) is 43.9 Å². The van der Waals surface area contributed by atoms with E-state index in [1.807, 2.05) is 11.3 Å². The van der Waals surface area contributed by atoms with Crippen LogP contribution >= 0.6 is 27.3 Å². The fourth-order valence-corrected chi connectivity index (χ4v) is 5.25. The van der Waals surface area contributed by atoms with Crippen molar-refractivity contribution < 1.29 is 0 Å². The van der Waals surface area contributed by atoms with Gasteiger partial charge in [-0.15, -0.1) is 11.3 Å². The summed E-state index contributed by atoms with van der Waals surface area (Å²) < 4.78 is 0. The molecule has 1 atom stereocenters. The molecule has 0 bridgehead atoms. The van der Waals surface area contributed by atoms with Crippen molar-refractivity contribution in [3.8, 4) is 0 Å². The van der Waals surface area contributed by atoms with Crippen LogP contribution in [0.1, 0.15) is 38.6 Å². The monoisotopic (exact) mass is 320 g/mol. The molecule has 0 nitrogen and oxygen atoms in total. The van der Waals surface area contributed by atoms with E-state index in [9.17, 15) is 0 Å². The lowest BCUT2D eigenvalue weighted by atomic mass is 9.91. The maximum absolute atomic E-state index is 3.98. The largest absolute Gasteiger partial charge is 0.144 e. The Balaban J connectivity index is 1.98. The summed E-state index contributed by atoms with van der Waals surface area (Å²) in [6.07, 6.45) is 2.59. The molecule has 0 N–H and O–H groups in total. The molecule has 2 aromatic rings. The van der Waals surface area contributed by atoms with Crippen molar-refractivity contribution in [2.24, 2.45) is 0 Å². The van der Waals surface area contributed by atoms with E-state index in [0.717, 1.165) is 0 Å². The van der Waals surface area contributed by atoms with E-state index in [0.29, 0.717) is 10.2 Å². The van der Waals surface area contributed by atoms with Crippen molar-refractivity contribution in [1.29, 1.82) is 0 Å². The van der Waals surface area contributed by atoms with E-state index in [1.165, 1.54) is 33.7 Å². The molecule has 1 heterocycles. The number of rotatable bonds is 3. The van der Waals surface area contributed by atoms with Gasteiger partial charge in [0.1, 0.15) is 0 Å². The average molecular weight is 321 g/mol. The molecule has 94 valence electrons. The average Bonchev–Trinajstić information content (AvgIpc) is 3.11. The van der Waals surface area contributed by atoms with E-state index < -0.39 is 0 Å². The van der Waals surface area contributed by atoms with Crippen molar-refractivity contribution in [2.75, 3.05) is 0 Å². The quantitative estimate of drug-likeness (QED) is 0.652. The highest BCUT2D eigenvalue weighted by Crippen LogP contribution is 2.61. The Morgan fingerprint density at radius 1 is 1.17 bits per heavy atom. The molecule has 0 aliphatic heterocycles. The first-order valence-electron chi connectivity index (χ1n) is 6.40. The van der Waals surface area contributed by atoms with Gasteiger partial charge in [0.15, 0.2) is 0 Å². The van der Waals surface area contributed by atoms with Crippen molar-refractivity contribution >= 4 is 27.3 Å². The Morgan fingerprint density at radius 2 is 1.83 bits per heavy atom. The number of alkyl halides is 1. The Hall–Kier alpha value is -0.600. The van der Waals surface area contributed by atoms with Gasteiger partial charge in [-0.2, -0.15) is 0 Å². The summed E-state index contributed by atoms with van der Waals surface area (Å²) in [5.41, 5.74) is 3.25. The van der Waals surface area contributed by atoms with Crippen LogP contribution in [0.3, 0.4) is 0 Å². The topological polar surface area (TPSA) is 0 Å². The van der Waals surface area contributed by atoms with Crippen molar-refractivity contribution in [2.45, 2.75) is 36.9 Å². The summed E-state index contributed by atoms with van der Waals surface area (Å²) in [7, 11) is 0. The van der Waals surface area contributed by atoms with E-state index in [-0.39, 0.29) is 0 Å². The molecule has 1 aliphatic carbocycles. The minimum atomic E-state index is 0.337. The Kier molecular flexibility index (Phi) is 3.11. The Labute approximate surface area is 121 Å². The first kappa shape index (κ1) is 12.4. The fraction of sp³-hybridized carbons (Fsp3) is 0.375. The highest BCUT2D eigenvalue weighted by molar-refractivity contribution is 9.09. The van der Waals surface area contributed by atoms with Crippen LogP contribution in [0.4, 0.5) is 0 Å². The Morgan fingerprint density at radius 3 is 2.33 bits per heavy atom. The van der Waals surface area contributed by atoms with Gasteiger partial charge in [-0.1, -0.05) is 46.3 Å². The van der Waals surface area contributed by atoms with Crippen LogP contribution in [-0.2, 0) is 5.41 Å². The fourth-order valence-electron chi connectivity index (χ4n) is 2.76. The zero-order chi connectivity index (χ0) is 12.8. The standard InChI is InChI=1S/C16H17BrS/c1-11-10-12(2)18-14(11)15(17)16(8-9-16)13-6-4-3-5-7-13/h3-7,10,15H,8-9H2,1-2H3. The molecule has 1 unspecified atom stereocenters. The van der Waals surface area contributed by atoms with Crippen LogP contribution in [-0.4, -0.2) is 0 Å². The van der Waals surface area contributed by atoms with Crippen LogP contribution < -0.4 is 0 Å². The summed E-state index contributed by atoms with van der Waals surface area (Å²) >= 11 is 5.92. The molecule has 2 heteroatoms. The zero-order valence-electron chi connectivity index (χ0n) is 10.7. The number of aryl methyl sites for hydroxylation is 2. The predicted octanol–water partition coefficient (Wildman–Crippen LogP) is 5.53. The van der Waals surface area contributed by atoms with E-state index in [1.54, 1.807) is 0 Å². The third kappa shape index (κ3) is 1.96. The molecular formula is C16H17BrS. The molecule has 1 fully saturated rings. The van der Waals surface area contributed by atoms with E-state index in [2.05, 4.69) is 66.2 Å². The van der Waals surface area contributed by atoms with Crippen molar-refractivity contribution in [3.05, 3.63) is 57.3 Å². The molecular weight excluding hydrogens is 304 g/mol. The van der Waals surface area contributed by atoms with Gasteiger partial charge in [-0.3, -0.25) is 0 Å². The lowest BCUT2D eigenvalue weighted by Crippen LogP contribution is -2.13. The van der Waals surface area contributed by atoms with Crippen LogP contribution in [0, 0.1) is 13.8 Å². The molecule has 1 aromatic carbocycles. The molecule has 0 radical (unpaired) electrons. The van der Waals surface area contributed by atoms with Crippen LogP contribution in [0.2, 0.25) is 0 Å². The number of halogens is 1. The third-order valence-corrected chi connectivity index (χ3v) is 6.79. The van der Waals surface area contributed by atoms with Crippen molar-refractivity contribution in [1.82, 2.24) is 0 Å². The lowest BCUT2D eigenvalue weighted by molar-refractivity contribution is 0.687. The molecule has 0 amide bonds. The second-order valence-corrected chi connectivity index (χ2v) is 7.49. The minimum absolute atomic E-state index is 0.337. The number of thiophene rings is 1. The highest BCUT2D eigenvalue weighted by Gasteiger charge is 2.50. The maximum atomic E-state index is 3.98. The molecule has 1 saturated carbocycles. The first-order valence-corrected chi connectivity index (χ1v) is 8.13. The SMILES string of the molecule is Cc1cc(C)c(C(Br)C2(c3ccccc3)CC2)s1. The highest BCUT2D eigenvalue weighted by atomic mass is 79.9. The summed E-state index contributed by atoms with van der Waals surface area (Å²) in [6, 6.07) is 13.3. The summed E-state index contributed by atoms with van der Waals surface area (Å²) in [5, 5.41) is 0. The normalized spacial score (nSPS) is 18.6. The van der Waals surface area contributed by atoms with Gasteiger partial charge < -0.3 is 0 Å². The minimum Gasteiger partial charge on any atom is -0.144 e. The first-order chi connectivity index (χ1) is 8.63. The molecule has 3 rings (SSSR count). The number of benzene rings is 1. The van der Waals surface area contributed by atoms with Gasteiger partial charge >= 0.3 is 0 Å². The smallest absolute Gasteiger partial charge is 0.0588 e. The maximum Gasteiger partial charge on any atom is 0.0588 e. The Bertz CT molecular complexity index is 552.